The van der Waals surface area contributed by atoms with Crippen molar-refractivity contribution in [3.63, 3.8) is 0 Å². The minimum atomic E-state index is -0.750. The van der Waals surface area contributed by atoms with Crippen molar-refractivity contribution in [3.05, 3.63) is 52.3 Å². The molecule has 3 rings (SSSR count). The molecule has 2 aromatic rings. The number of nitrogens with one attached hydrogen (secondary N) is 1. The van der Waals surface area contributed by atoms with E-state index in [2.05, 4.69) is 10.4 Å². The third kappa shape index (κ3) is 3.70. The summed E-state index contributed by atoms with van der Waals surface area (Å²) in [4.78, 5) is 36.7. The Morgan fingerprint density at radius 3 is 2.69 bits per heavy atom. The van der Waals surface area contributed by atoms with Gasteiger partial charge in [-0.3, -0.25) is 9.69 Å². The number of urea groups is 1. The molecule has 0 unspecified atom stereocenters. The Balaban J connectivity index is 1.67. The first-order chi connectivity index (χ1) is 12.5. The zero-order chi connectivity index (χ0) is 18.7. The lowest BCUT2D eigenvalue weighted by Crippen LogP contribution is -2.37. The van der Waals surface area contributed by atoms with E-state index in [0.717, 1.165) is 10.5 Å². The first-order valence-electron chi connectivity index (χ1n) is 7.99. The van der Waals surface area contributed by atoms with E-state index in [0.29, 0.717) is 18.8 Å². The standard InChI is InChI=1S/C17H17ClN4O4/c1-11-14(15(18)22(20-11)9-12-5-3-2-4-6-12)16(24)26-10-13(23)21-8-7-19-17(21)25/h2-6H,7-10H2,1H3,(H,19,25). The van der Waals surface area contributed by atoms with E-state index in [4.69, 9.17) is 16.3 Å². The third-order valence-corrected chi connectivity index (χ3v) is 4.31. The van der Waals surface area contributed by atoms with Crippen LogP contribution in [0.5, 0.6) is 0 Å². The van der Waals surface area contributed by atoms with Gasteiger partial charge in [-0.05, 0) is 12.5 Å². The van der Waals surface area contributed by atoms with E-state index in [-0.39, 0.29) is 17.3 Å². The van der Waals surface area contributed by atoms with Crippen molar-refractivity contribution in [2.24, 2.45) is 0 Å². The number of carbonyl (C=O) groups is 3. The largest absolute Gasteiger partial charge is 0.452 e. The Bertz CT molecular complexity index is 850. The molecular formula is C17H17ClN4O4. The summed E-state index contributed by atoms with van der Waals surface area (Å²) in [6, 6.07) is 9.05. The van der Waals surface area contributed by atoms with Gasteiger partial charge in [0.1, 0.15) is 10.7 Å². The Labute approximate surface area is 154 Å². The molecule has 3 amide bonds. The van der Waals surface area contributed by atoms with Crippen LogP contribution in [0.1, 0.15) is 21.6 Å². The topological polar surface area (TPSA) is 93.5 Å². The zero-order valence-corrected chi connectivity index (χ0v) is 14.8. The molecule has 26 heavy (non-hydrogen) atoms. The van der Waals surface area contributed by atoms with Gasteiger partial charge in [-0.1, -0.05) is 41.9 Å². The van der Waals surface area contributed by atoms with Crippen molar-refractivity contribution in [2.75, 3.05) is 19.7 Å². The number of nitrogens with zero attached hydrogens (tertiary/aromatic N) is 3. The average molecular weight is 377 g/mol. The number of aromatic nitrogens is 2. The Hall–Kier alpha value is -2.87. The lowest BCUT2D eigenvalue weighted by Gasteiger charge is -2.12. The molecule has 0 aliphatic carbocycles. The fourth-order valence-electron chi connectivity index (χ4n) is 2.63. The number of esters is 1. The Morgan fingerprint density at radius 2 is 2.04 bits per heavy atom. The molecule has 1 aromatic heterocycles. The second-order valence-electron chi connectivity index (χ2n) is 5.75. The van der Waals surface area contributed by atoms with Gasteiger partial charge in [0.25, 0.3) is 5.91 Å². The molecule has 9 heteroatoms. The van der Waals surface area contributed by atoms with Crippen molar-refractivity contribution in [1.29, 1.82) is 0 Å². The Kier molecular flexibility index (Phi) is 5.22. The molecule has 136 valence electrons. The number of imide groups is 1. The summed E-state index contributed by atoms with van der Waals surface area (Å²) in [7, 11) is 0. The summed E-state index contributed by atoms with van der Waals surface area (Å²) in [5.74, 6) is -1.33. The van der Waals surface area contributed by atoms with Crippen molar-refractivity contribution in [2.45, 2.75) is 13.5 Å². The average Bonchev–Trinajstić information content (AvgIpc) is 3.17. The summed E-state index contributed by atoms with van der Waals surface area (Å²) >= 11 is 6.28. The third-order valence-electron chi connectivity index (χ3n) is 3.93. The number of carbonyl (C=O) groups excluding carboxylic acids is 3. The molecule has 1 saturated heterocycles. The van der Waals surface area contributed by atoms with Crippen LogP contribution in [0.3, 0.4) is 0 Å². The minimum Gasteiger partial charge on any atom is -0.452 e. The Morgan fingerprint density at radius 1 is 1.31 bits per heavy atom. The van der Waals surface area contributed by atoms with Gasteiger partial charge in [0, 0.05) is 13.1 Å². The van der Waals surface area contributed by atoms with E-state index in [9.17, 15) is 14.4 Å². The van der Waals surface area contributed by atoms with Crippen LogP contribution >= 0.6 is 11.6 Å². The SMILES string of the molecule is Cc1nn(Cc2ccccc2)c(Cl)c1C(=O)OCC(=O)N1CCNC1=O. The molecule has 0 atom stereocenters. The fourth-order valence-corrected chi connectivity index (χ4v) is 2.94. The highest BCUT2D eigenvalue weighted by Gasteiger charge is 2.28. The molecule has 0 radical (unpaired) electrons. The van der Waals surface area contributed by atoms with E-state index in [1.165, 1.54) is 4.68 Å². The maximum atomic E-state index is 12.3. The molecule has 1 aliphatic rings. The maximum absolute atomic E-state index is 12.3. The number of rotatable bonds is 5. The lowest BCUT2D eigenvalue weighted by molar-refractivity contribution is -0.130. The first-order valence-corrected chi connectivity index (χ1v) is 8.37. The second kappa shape index (κ2) is 7.57. The number of hydrogen-bond acceptors (Lipinski definition) is 5. The van der Waals surface area contributed by atoms with Gasteiger partial charge in [-0.25, -0.2) is 14.3 Å². The van der Waals surface area contributed by atoms with Crippen molar-refractivity contribution in [3.8, 4) is 0 Å². The van der Waals surface area contributed by atoms with Crippen LogP contribution in [0.15, 0.2) is 30.3 Å². The summed E-state index contributed by atoms with van der Waals surface area (Å²) < 4.78 is 6.53. The monoisotopic (exact) mass is 376 g/mol. The second-order valence-corrected chi connectivity index (χ2v) is 6.11. The van der Waals surface area contributed by atoms with Gasteiger partial charge in [-0.2, -0.15) is 5.10 Å². The zero-order valence-electron chi connectivity index (χ0n) is 14.1. The van der Waals surface area contributed by atoms with Gasteiger partial charge in [0.15, 0.2) is 6.61 Å². The number of benzene rings is 1. The van der Waals surface area contributed by atoms with Crippen LogP contribution in [-0.4, -0.2) is 52.3 Å². The van der Waals surface area contributed by atoms with Crippen molar-refractivity contribution in [1.82, 2.24) is 20.0 Å². The van der Waals surface area contributed by atoms with Gasteiger partial charge in [0.05, 0.1) is 12.2 Å². The molecule has 2 heterocycles. The number of amides is 3. The summed E-state index contributed by atoms with van der Waals surface area (Å²) in [6.07, 6.45) is 0. The van der Waals surface area contributed by atoms with E-state index >= 15 is 0 Å². The summed E-state index contributed by atoms with van der Waals surface area (Å²) in [5, 5.41) is 6.91. The lowest BCUT2D eigenvalue weighted by atomic mass is 10.2. The van der Waals surface area contributed by atoms with E-state index in [1.807, 2.05) is 30.3 Å². The van der Waals surface area contributed by atoms with Gasteiger partial charge < -0.3 is 10.1 Å². The van der Waals surface area contributed by atoms with E-state index < -0.39 is 24.5 Å². The quantitative estimate of drug-likeness (QED) is 0.800. The van der Waals surface area contributed by atoms with Crippen LogP contribution in [0, 0.1) is 6.92 Å². The molecule has 0 saturated carbocycles. The highest BCUT2D eigenvalue weighted by Crippen LogP contribution is 2.22. The first kappa shape index (κ1) is 17.9. The van der Waals surface area contributed by atoms with Gasteiger partial charge in [0.2, 0.25) is 0 Å². The maximum Gasteiger partial charge on any atom is 0.343 e. The predicted octanol–water partition coefficient (Wildman–Crippen LogP) is 1.60. The van der Waals surface area contributed by atoms with Gasteiger partial charge >= 0.3 is 12.0 Å². The van der Waals surface area contributed by atoms with Crippen LogP contribution in [0.4, 0.5) is 4.79 Å². The van der Waals surface area contributed by atoms with Crippen molar-refractivity contribution < 1.29 is 19.1 Å². The van der Waals surface area contributed by atoms with Crippen molar-refractivity contribution >= 4 is 29.5 Å². The molecule has 1 N–H and O–H groups in total. The summed E-state index contributed by atoms with van der Waals surface area (Å²) in [6.45, 7) is 2.14. The fraction of sp³-hybridized carbons (Fsp3) is 0.294. The highest BCUT2D eigenvalue weighted by atomic mass is 35.5. The number of ether oxygens (including phenoxy) is 1. The molecule has 1 aromatic carbocycles. The molecule has 8 nitrogen and oxygen atoms in total. The van der Waals surface area contributed by atoms with Crippen LogP contribution in [0.25, 0.3) is 0 Å². The molecular weight excluding hydrogens is 360 g/mol. The highest BCUT2D eigenvalue weighted by molar-refractivity contribution is 6.32. The minimum absolute atomic E-state index is 0.112. The molecule has 0 spiro atoms. The smallest absolute Gasteiger partial charge is 0.343 e. The normalized spacial score (nSPS) is 13.6. The van der Waals surface area contributed by atoms with Crippen LogP contribution < -0.4 is 5.32 Å². The number of hydrogen-bond donors (Lipinski definition) is 1. The van der Waals surface area contributed by atoms with Crippen LogP contribution in [0.2, 0.25) is 5.15 Å². The predicted molar refractivity (Wildman–Crippen MR) is 92.9 cm³/mol. The van der Waals surface area contributed by atoms with Crippen LogP contribution in [-0.2, 0) is 16.1 Å². The summed E-state index contributed by atoms with van der Waals surface area (Å²) in [5.41, 5.74) is 1.50. The number of aryl methyl sites for hydroxylation is 1. The molecule has 1 aliphatic heterocycles. The van der Waals surface area contributed by atoms with E-state index in [1.54, 1.807) is 6.92 Å². The van der Waals surface area contributed by atoms with Gasteiger partial charge in [-0.15, -0.1) is 0 Å². The molecule has 0 bridgehead atoms. The number of halogens is 1. The molecule has 1 fully saturated rings.